The second kappa shape index (κ2) is 11.9. The number of rotatable bonds is 8. The standard InChI is InChI=1S/C29H38/c1-3-5-6-7-8-9-25-10-12-26(13-11-25)14-15-27-18-22-29(23-19-27)28-20-16-24(4-2)17-21-28/h10-13,16-17,20-21,27,29H,3-9,18-19,22-23H2,1-2H3/t27-,29-. The summed E-state index contributed by atoms with van der Waals surface area (Å²) in [7, 11) is 0. The minimum Gasteiger partial charge on any atom is -0.0945 e. The first-order valence-corrected chi connectivity index (χ1v) is 12.0. The van der Waals surface area contributed by atoms with E-state index in [2.05, 4.69) is 74.2 Å². The van der Waals surface area contributed by atoms with Gasteiger partial charge in [-0.1, -0.05) is 87.8 Å². The maximum absolute atomic E-state index is 3.56. The smallest absolute Gasteiger partial charge is 0.0245 e. The zero-order valence-corrected chi connectivity index (χ0v) is 18.6. The van der Waals surface area contributed by atoms with Crippen molar-refractivity contribution < 1.29 is 0 Å². The van der Waals surface area contributed by atoms with Crippen LogP contribution in [0.1, 0.15) is 99.8 Å². The lowest BCUT2D eigenvalue weighted by atomic mass is 9.79. The van der Waals surface area contributed by atoms with Crippen molar-refractivity contribution in [1.29, 1.82) is 0 Å². The van der Waals surface area contributed by atoms with Crippen molar-refractivity contribution in [3.63, 3.8) is 0 Å². The van der Waals surface area contributed by atoms with Crippen LogP contribution in [0.3, 0.4) is 0 Å². The molecule has 154 valence electrons. The molecule has 0 radical (unpaired) electrons. The summed E-state index contributed by atoms with van der Waals surface area (Å²) in [5.74, 6) is 8.31. The Hall–Kier alpha value is -2.00. The molecule has 2 aromatic rings. The SMILES string of the molecule is CCCCCCCc1ccc(C#C[C@H]2CC[C@H](c3ccc(CC)cc3)CC2)cc1. The van der Waals surface area contributed by atoms with Crippen LogP contribution in [0.5, 0.6) is 0 Å². The first-order valence-electron chi connectivity index (χ1n) is 12.0. The number of hydrogen-bond acceptors (Lipinski definition) is 0. The van der Waals surface area contributed by atoms with Crippen molar-refractivity contribution in [1.82, 2.24) is 0 Å². The number of benzene rings is 2. The number of unbranched alkanes of at least 4 members (excludes halogenated alkanes) is 4. The van der Waals surface area contributed by atoms with E-state index < -0.39 is 0 Å². The van der Waals surface area contributed by atoms with Crippen molar-refractivity contribution in [2.45, 2.75) is 90.4 Å². The molecule has 0 amide bonds. The molecule has 0 spiro atoms. The van der Waals surface area contributed by atoms with Gasteiger partial charge in [-0.2, -0.15) is 0 Å². The van der Waals surface area contributed by atoms with Gasteiger partial charge in [0.25, 0.3) is 0 Å². The van der Waals surface area contributed by atoms with E-state index in [-0.39, 0.29) is 0 Å². The lowest BCUT2D eigenvalue weighted by Crippen LogP contribution is -2.12. The van der Waals surface area contributed by atoms with E-state index in [1.54, 1.807) is 0 Å². The van der Waals surface area contributed by atoms with Crippen LogP contribution in [0.4, 0.5) is 0 Å². The Morgan fingerprint density at radius 1 is 0.724 bits per heavy atom. The van der Waals surface area contributed by atoms with Gasteiger partial charge in [0.2, 0.25) is 0 Å². The summed E-state index contributed by atoms with van der Waals surface area (Å²) < 4.78 is 0. The van der Waals surface area contributed by atoms with E-state index in [0.29, 0.717) is 5.92 Å². The van der Waals surface area contributed by atoms with Crippen LogP contribution in [0.2, 0.25) is 0 Å². The van der Waals surface area contributed by atoms with Crippen LogP contribution in [-0.2, 0) is 12.8 Å². The summed E-state index contributed by atoms with van der Waals surface area (Å²) in [6, 6.07) is 18.3. The third-order valence-corrected chi connectivity index (χ3v) is 6.53. The summed E-state index contributed by atoms with van der Waals surface area (Å²) in [5, 5.41) is 0. The lowest BCUT2D eigenvalue weighted by molar-refractivity contribution is 0.384. The number of aryl methyl sites for hydroxylation is 2. The minimum absolute atomic E-state index is 0.569. The van der Waals surface area contributed by atoms with Crippen LogP contribution in [0.25, 0.3) is 0 Å². The Morgan fingerprint density at radius 3 is 2.03 bits per heavy atom. The van der Waals surface area contributed by atoms with Crippen LogP contribution >= 0.6 is 0 Å². The first kappa shape index (κ1) is 21.7. The maximum Gasteiger partial charge on any atom is 0.0245 e. The quantitative estimate of drug-likeness (QED) is 0.318. The molecule has 0 unspecified atom stereocenters. The highest BCUT2D eigenvalue weighted by molar-refractivity contribution is 5.37. The Labute approximate surface area is 179 Å². The molecule has 0 aromatic heterocycles. The molecule has 2 aromatic carbocycles. The average molecular weight is 387 g/mol. The molecule has 1 aliphatic carbocycles. The van der Waals surface area contributed by atoms with Crippen molar-refractivity contribution in [2.75, 3.05) is 0 Å². The topological polar surface area (TPSA) is 0 Å². The zero-order chi connectivity index (χ0) is 20.3. The van der Waals surface area contributed by atoms with E-state index in [1.807, 2.05) is 0 Å². The molecule has 0 heterocycles. The molecular formula is C29H38. The Bertz CT molecular complexity index is 762. The van der Waals surface area contributed by atoms with Gasteiger partial charge in [-0.25, -0.2) is 0 Å². The molecule has 1 saturated carbocycles. The summed E-state index contributed by atoms with van der Waals surface area (Å²) >= 11 is 0. The fourth-order valence-corrected chi connectivity index (χ4v) is 4.47. The zero-order valence-electron chi connectivity index (χ0n) is 18.6. The van der Waals surface area contributed by atoms with Gasteiger partial charge in [0.05, 0.1) is 0 Å². The Morgan fingerprint density at radius 2 is 1.38 bits per heavy atom. The molecule has 0 N–H and O–H groups in total. The molecule has 0 nitrogen and oxygen atoms in total. The highest BCUT2D eigenvalue weighted by Crippen LogP contribution is 2.35. The van der Waals surface area contributed by atoms with Crippen molar-refractivity contribution in [3.05, 3.63) is 70.8 Å². The predicted octanol–water partition coefficient (Wildman–Crippen LogP) is 8.09. The maximum atomic E-state index is 3.56. The van der Waals surface area contributed by atoms with E-state index in [1.165, 1.54) is 86.5 Å². The largest absolute Gasteiger partial charge is 0.0945 e. The van der Waals surface area contributed by atoms with Gasteiger partial charge in [-0.15, -0.1) is 0 Å². The molecular weight excluding hydrogens is 348 g/mol. The summed E-state index contributed by atoms with van der Waals surface area (Å²) in [4.78, 5) is 0. The molecule has 0 aliphatic heterocycles. The van der Waals surface area contributed by atoms with Gasteiger partial charge >= 0.3 is 0 Å². The van der Waals surface area contributed by atoms with Crippen LogP contribution in [0, 0.1) is 17.8 Å². The van der Waals surface area contributed by atoms with E-state index >= 15 is 0 Å². The lowest BCUT2D eigenvalue weighted by Gasteiger charge is -2.26. The summed E-state index contributed by atoms with van der Waals surface area (Å²) in [6.45, 7) is 4.50. The Kier molecular flexibility index (Phi) is 8.88. The highest BCUT2D eigenvalue weighted by Gasteiger charge is 2.21. The third-order valence-electron chi connectivity index (χ3n) is 6.53. The summed E-state index contributed by atoms with van der Waals surface area (Å²) in [6.07, 6.45) is 14.1. The molecule has 1 fully saturated rings. The second-order valence-electron chi connectivity index (χ2n) is 8.77. The first-order chi connectivity index (χ1) is 14.3. The fourth-order valence-electron chi connectivity index (χ4n) is 4.47. The van der Waals surface area contributed by atoms with Crippen molar-refractivity contribution in [2.24, 2.45) is 5.92 Å². The van der Waals surface area contributed by atoms with E-state index in [9.17, 15) is 0 Å². The normalized spacial score (nSPS) is 18.8. The molecule has 3 rings (SSSR count). The van der Waals surface area contributed by atoms with Crippen LogP contribution in [0.15, 0.2) is 48.5 Å². The fraction of sp³-hybridized carbons (Fsp3) is 0.517. The molecule has 0 heteroatoms. The Balaban J connectivity index is 1.43. The molecule has 29 heavy (non-hydrogen) atoms. The van der Waals surface area contributed by atoms with Gasteiger partial charge < -0.3 is 0 Å². The number of hydrogen-bond donors (Lipinski definition) is 0. The van der Waals surface area contributed by atoms with Gasteiger partial charge in [0, 0.05) is 11.5 Å². The molecule has 0 bridgehead atoms. The molecule has 1 aliphatic rings. The highest BCUT2D eigenvalue weighted by atomic mass is 14.2. The van der Waals surface area contributed by atoms with Crippen LogP contribution < -0.4 is 0 Å². The molecule has 0 atom stereocenters. The third kappa shape index (κ3) is 7.08. The monoisotopic (exact) mass is 386 g/mol. The van der Waals surface area contributed by atoms with Gasteiger partial charge in [-0.3, -0.25) is 0 Å². The van der Waals surface area contributed by atoms with Crippen LogP contribution in [-0.4, -0.2) is 0 Å². The van der Waals surface area contributed by atoms with Crippen molar-refractivity contribution >= 4 is 0 Å². The van der Waals surface area contributed by atoms with Gasteiger partial charge in [0.15, 0.2) is 0 Å². The van der Waals surface area contributed by atoms with Crippen molar-refractivity contribution in [3.8, 4) is 11.8 Å². The molecule has 0 saturated heterocycles. The average Bonchev–Trinajstić information content (AvgIpc) is 2.79. The predicted molar refractivity (Wildman–Crippen MR) is 126 cm³/mol. The van der Waals surface area contributed by atoms with E-state index in [0.717, 1.165) is 12.3 Å². The minimum atomic E-state index is 0.569. The van der Waals surface area contributed by atoms with Gasteiger partial charge in [-0.05, 0) is 79.7 Å². The second-order valence-corrected chi connectivity index (χ2v) is 8.77. The van der Waals surface area contributed by atoms with Gasteiger partial charge in [0.1, 0.15) is 0 Å². The summed E-state index contributed by atoms with van der Waals surface area (Å²) in [5.41, 5.74) is 5.60. The van der Waals surface area contributed by atoms with E-state index in [4.69, 9.17) is 0 Å².